The summed E-state index contributed by atoms with van der Waals surface area (Å²) in [5.74, 6) is -0.729. The molecule has 25 heavy (non-hydrogen) atoms. The highest BCUT2D eigenvalue weighted by atomic mass is 32.2. The van der Waals surface area contributed by atoms with Crippen LogP contribution in [0.25, 0.3) is 10.3 Å². The highest BCUT2D eigenvalue weighted by Crippen LogP contribution is 2.31. The average molecular weight is 378 g/mol. The van der Waals surface area contributed by atoms with Crippen LogP contribution < -0.4 is 5.32 Å². The van der Waals surface area contributed by atoms with Gasteiger partial charge in [-0.2, -0.15) is 0 Å². The van der Waals surface area contributed by atoms with Crippen LogP contribution in [-0.2, 0) is 9.53 Å². The predicted molar refractivity (Wildman–Crippen MR) is 96.6 cm³/mol. The zero-order chi connectivity index (χ0) is 17.8. The molecule has 1 N–H and O–H groups in total. The Morgan fingerprint density at radius 1 is 1.36 bits per heavy atom. The summed E-state index contributed by atoms with van der Waals surface area (Å²) in [7, 11) is 1.33. The van der Waals surface area contributed by atoms with E-state index in [4.69, 9.17) is 4.74 Å². The molecule has 1 aromatic carbocycles. The molecule has 0 aliphatic rings. The Balaban J connectivity index is 1.85. The van der Waals surface area contributed by atoms with E-state index in [1.165, 1.54) is 48.7 Å². The van der Waals surface area contributed by atoms with Crippen molar-refractivity contribution in [2.24, 2.45) is 0 Å². The molecule has 0 spiro atoms. The van der Waals surface area contributed by atoms with Gasteiger partial charge in [-0.25, -0.2) is 19.3 Å². The molecule has 2 heterocycles. The predicted octanol–water partition coefficient (Wildman–Crippen LogP) is 3.32. The smallest absolute Gasteiger partial charge is 0.314 e. The number of thiazole rings is 1. The lowest BCUT2D eigenvalue weighted by Gasteiger charge is -2.16. The number of nitrogens with zero attached hydrogens (tertiary/aromatic N) is 3. The number of esters is 1. The molecule has 3 rings (SSSR count). The number of thioether (sulfide) groups is 1. The first-order valence-corrected chi connectivity index (χ1v) is 9.39. The molecule has 0 amide bonds. The van der Waals surface area contributed by atoms with Crippen molar-refractivity contribution in [3.05, 3.63) is 42.0 Å². The topological polar surface area (TPSA) is 77.0 Å². The highest BCUT2D eigenvalue weighted by Gasteiger charge is 2.22. The summed E-state index contributed by atoms with van der Waals surface area (Å²) in [6, 6.07) is 5.80. The standard InChI is InChI=1S/C16H15FN4O2S2/c1-23-15(22)11(9-3-5-10(17)6-4-9)7-18-13-12-14(20-8-19-13)21-16(24-2)25-12/h3-6,8,11H,7H2,1-2H3,(H,18,19,20). The van der Waals surface area contributed by atoms with E-state index in [0.29, 0.717) is 17.0 Å². The fourth-order valence-electron chi connectivity index (χ4n) is 2.32. The quantitative estimate of drug-likeness (QED) is 0.521. The number of hydrogen-bond donors (Lipinski definition) is 1. The Bertz CT molecular complexity index is 885. The summed E-state index contributed by atoms with van der Waals surface area (Å²) in [5.41, 5.74) is 1.28. The molecule has 0 saturated carbocycles. The molecule has 1 unspecified atom stereocenters. The summed E-state index contributed by atoms with van der Waals surface area (Å²) in [6.45, 7) is 0.261. The largest absolute Gasteiger partial charge is 0.468 e. The van der Waals surface area contributed by atoms with E-state index in [2.05, 4.69) is 20.3 Å². The van der Waals surface area contributed by atoms with Crippen LogP contribution in [0.5, 0.6) is 0 Å². The molecular weight excluding hydrogens is 363 g/mol. The third kappa shape index (κ3) is 3.88. The minimum absolute atomic E-state index is 0.261. The lowest BCUT2D eigenvalue weighted by Crippen LogP contribution is -2.23. The first kappa shape index (κ1) is 17.6. The summed E-state index contributed by atoms with van der Waals surface area (Å²) in [5, 5.41) is 3.17. The third-order valence-electron chi connectivity index (χ3n) is 3.58. The van der Waals surface area contributed by atoms with Gasteiger partial charge in [-0.15, -0.1) is 11.3 Å². The van der Waals surface area contributed by atoms with Crippen LogP contribution in [0.4, 0.5) is 10.2 Å². The van der Waals surface area contributed by atoms with Gasteiger partial charge in [0.2, 0.25) is 0 Å². The van der Waals surface area contributed by atoms with Crippen molar-refractivity contribution in [3.8, 4) is 0 Å². The lowest BCUT2D eigenvalue weighted by molar-refractivity contribution is -0.142. The minimum atomic E-state index is -0.580. The van der Waals surface area contributed by atoms with Crippen LogP contribution in [-0.4, -0.2) is 40.8 Å². The molecule has 2 aromatic heterocycles. The molecule has 3 aromatic rings. The number of anilines is 1. The number of rotatable bonds is 6. The SMILES string of the molecule is COC(=O)C(CNc1ncnc2nc(SC)sc12)c1ccc(F)cc1. The molecule has 0 saturated heterocycles. The van der Waals surface area contributed by atoms with Gasteiger partial charge < -0.3 is 10.1 Å². The van der Waals surface area contributed by atoms with Gasteiger partial charge in [0.1, 0.15) is 22.7 Å². The molecular formula is C16H15FN4O2S2. The molecule has 9 heteroatoms. The molecule has 0 aliphatic heterocycles. The second kappa shape index (κ2) is 7.75. The first-order valence-electron chi connectivity index (χ1n) is 7.35. The fraction of sp³-hybridized carbons (Fsp3) is 0.250. The number of hydrogen-bond acceptors (Lipinski definition) is 8. The monoisotopic (exact) mass is 378 g/mol. The second-order valence-electron chi connectivity index (χ2n) is 5.07. The zero-order valence-corrected chi connectivity index (χ0v) is 15.2. The Morgan fingerprint density at radius 2 is 2.12 bits per heavy atom. The van der Waals surface area contributed by atoms with Crippen LogP contribution >= 0.6 is 23.1 Å². The molecule has 130 valence electrons. The van der Waals surface area contributed by atoms with Crippen LogP contribution in [0, 0.1) is 5.82 Å². The summed E-state index contributed by atoms with van der Waals surface area (Å²) in [4.78, 5) is 24.9. The van der Waals surface area contributed by atoms with E-state index >= 15 is 0 Å². The van der Waals surface area contributed by atoms with E-state index in [-0.39, 0.29) is 12.4 Å². The van der Waals surface area contributed by atoms with Gasteiger partial charge >= 0.3 is 5.97 Å². The first-order chi connectivity index (χ1) is 12.1. The van der Waals surface area contributed by atoms with Crippen molar-refractivity contribution in [2.75, 3.05) is 25.2 Å². The maximum Gasteiger partial charge on any atom is 0.314 e. The number of halogens is 1. The zero-order valence-electron chi connectivity index (χ0n) is 13.5. The number of nitrogens with one attached hydrogen (secondary N) is 1. The number of benzene rings is 1. The van der Waals surface area contributed by atoms with Crippen LogP contribution in [0.2, 0.25) is 0 Å². The Labute approximate surface area is 151 Å². The van der Waals surface area contributed by atoms with Gasteiger partial charge in [-0.3, -0.25) is 4.79 Å². The number of methoxy groups -OCH3 is 1. The molecule has 1 atom stereocenters. The summed E-state index contributed by atoms with van der Waals surface area (Å²) < 4.78 is 19.7. The van der Waals surface area contributed by atoms with Crippen LogP contribution in [0.3, 0.4) is 0 Å². The van der Waals surface area contributed by atoms with Crippen molar-refractivity contribution in [1.29, 1.82) is 0 Å². The van der Waals surface area contributed by atoms with Crippen molar-refractivity contribution in [2.45, 2.75) is 10.3 Å². The molecule has 0 aliphatic carbocycles. The van der Waals surface area contributed by atoms with Gasteiger partial charge in [0.15, 0.2) is 9.99 Å². The lowest BCUT2D eigenvalue weighted by atomic mass is 9.99. The molecule has 0 bridgehead atoms. The maximum absolute atomic E-state index is 13.1. The normalized spacial score (nSPS) is 12.1. The molecule has 6 nitrogen and oxygen atoms in total. The highest BCUT2D eigenvalue weighted by molar-refractivity contribution is 8.00. The Kier molecular flexibility index (Phi) is 5.44. The second-order valence-corrected chi connectivity index (χ2v) is 7.12. The Hall–Kier alpha value is -2.26. The van der Waals surface area contributed by atoms with Gasteiger partial charge in [-0.05, 0) is 24.0 Å². The van der Waals surface area contributed by atoms with Crippen LogP contribution in [0.1, 0.15) is 11.5 Å². The van der Waals surface area contributed by atoms with E-state index in [0.717, 1.165) is 9.04 Å². The number of carbonyl (C=O) groups is 1. The number of fused-ring (bicyclic) bond motifs is 1. The average Bonchev–Trinajstić information content (AvgIpc) is 3.07. The fourth-order valence-corrected chi connectivity index (χ4v) is 3.80. The van der Waals surface area contributed by atoms with Gasteiger partial charge in [0.05, 0.1) is 13.0 Å². The maximum atomic E-state index is 13.1. The van der Waals surface area contributed by atoms with Crippen molar-refractivity contribution in [3.63, 3.8) is 0 Å². The Morgan fingerprint density at radius 3 is 2.80 bits per heavy atom. The van der Waals surface area contributed by atoms with E-state index in [1.807, 2.05) is 6.26 Å². The van der Waals surface area contributed by atoms with Gasteiger partial charge in [-0.1, -0.05) is 23.9 Å². The summed E-state index contributed by atoms with van der Waals surface area (Å²) >= 11 is 3.02. The van der Waals surface area contributed by atoms with Crippen molar-refractivity contribution in [1.82, 2.24) is 15.0 Å². The van der Waals surface area contributed by atoms with E-state index in [9.17, 15) is 9.18 Å². The van der Waals surface area contributed by atoms with Crippen molar-refractivity contribution < 1.29 is 13.9 Å². The van der Waals surface area contributed by atoms with E-state index < -0.39 is 11.9 Å². The van der Waals surface area contributed by atoms with Gasteiger partial charge in [0, 0.05) is 6.54 Å². The molecule has 0 radical (unpaired) electrons. The number of aromatic nitrogens is 3. The minimum Gasteiger partial charge on any atom is -0.468 e. The number of carbonyl (C=O) groups excluding carboxylic acids is 1. The summed E-state index contributed by atoms with van der Waals surface area (Å²) in [6.07, 6.45) is 3.37. The van der Waals surface area contributed by atoms with Crippen molar-refractivity contribution >= 4 is 45.2 Å². The van der Waals surface area contributed by atoms with Crippen LogP contribution in [0.15, 0.2) is 34.9 Å². The number of ether oxygens (including phenoxy) is 1. The third-order valence-corrected chi connectivity index (χ3v) is 5.61. The van der Waals surface area contributed by atoms with E-state index in [1.54, 1.807) is 12.1 Å². The van der Waals surface area contributed by atoms with Gasteiger partial charge in [0.25, 0.3) is 0 Å². The molecule has 0 fully saturated rings.